The van der Waals surface area contributed by atoms with Gasteiger partial charge in [0.15, 0.2) is 5.78 Å². The lowest BCUT2D eigenvalue weighted by atomic mass is 10.1. The molecule has 0 aliphatic heterocycles. The fraction of sp³-hybridized carbons (Fsp3) is 0.0526. The third-order valence-corrected chi connectivity index (χ3v) is 4.68. The van der Waals surface area contributed by atoms with Crippen LogP contribution in [-0.2, 0) is 4.79 Å². The van der Waals surface area contributed by atoms with Crippen molar-refractivity contribution in [2.24, 2.45) is 0 Å². The third-order valence-electron chi connectivity index (χ3n) is 3.77. The van der Waals surface area contributed by atoms with Gasteiger partial charge in [0.1, 0.15) is 0 Å². The molecule has 0 bridgehead atoms. The number of H-pyrrole nitrogens is 1. The third kappa shape index (κ3) is 4.71. The van der Waals surface area contributed by atoms with Crippen LogP contribution in [0.5, 0.6) is 0 Å². The van der Waals surface area contributed by atoms with Crippen molar-refractivity contribution in [2.75, 3.05) is 10.6 Å². The van der Waals surface area contributed by atoms with E-state index >= 15 is 0 Å². The highest BCUT2D eigenvalue weighted by Crippen LogP contribution is 2.29. The lowest BCUT2D eigenvalue weighted by Crippen LogP contribution is -2.18. The van der Waals surface area contributed by atoms with E-state index in [9.17, 15) is 19.2 Å². The number of pyridine rings is 1. The van der Waals surface area contributed by atoms with Crippen LogP contribution in [0.1, 0.15) is 16.1 Å². The van der Waals surface area contributed by atoms with Gasteiger partial charge < -0.3 is 15.4 Å². The van der Waals surface area contributed by atoms with E-state index in [1.165, 1.54) is 35.7 Å². The summed E-state index contributed by atoms with van der Waals surface area (Å²) in [5.74, 6) is -0.867. The summed E-state index contributed by atoms with van der Waals surface area (Å²) in [6.45, 7) is 0. The number of benzene rings is 1. The summed E-state index contributed by atoms with van der Waals surface area (Å²) in [4.78, 5) is 49.6. The van der Waals surface area contributed by atoms with Crippen molar-refractivity contribution in [2.45, 2.75) is 6.42 Å². The van der Waals surface area contributed by atoms with Gasteiger partial charge in [-0.15, -0.1) is 11.3 Å². The van der Waals surface area contributed by atoms with Crippen molar-refractivity contribution in [3.05, 3.63) is 69.3 Å². The fourth-order valence-corrected chi connectivity index (χ4v) is 3.17. The second-order valence-corrected chi connectivity index (χ2v) is 6.71. The highest BCUT2D eigenvalue weighted by atomic mass is 32.1. The molecule has 28 heavy (non-hydrogen) atoms. The number of nitrogens with one attached hydrogen (secondary N) is 3. The number of Topliss-reactive ketones (excluding diaryl/α,β-unsaturated/α-hetero) is 1. The quantitative estimate of drug-likeness (QED) is 0.374. The minimum Gasteiger partial charge on any atom is -0.465 e. The molecule has 2 heterocycles. The molecule has 0 aliphatic carbocycles. The minimum absolute atomic E-state index is 0.146. The fourth-order valence-electron chi connectivity index (χ4n) is 2.51. The van der Waals surface area contributed by atoms with Gasteiger partial charge in [0.05, 0.1) is 22.7 Å². The van der Waals surface area contributed by atoms with E-state index in [-0.39, 0.29) is 29.1 Å². The van der Waals surface area contributed by atoms with Gasteiger partial charge in [-0.3, -0.25) is 19.7 Å². The minimum atomic E-state index is -1.30. The zero-order valence-electron chi connectivity index (χ0n) is 14.4. The zero-order valence-corrected chi connectivity index (χ0v) is 15.2. The second kappa shape index (κ2) is 8.31. The summed E-state index contributed by atoms with van der Waals surface area (Å²) in [5, 5.41) is 15.6. The highest BCUT2D eigenvalue weighted by Gasteiger charge is 2.15. The van der Waals surface area contributed by atoms with E-state index in [2.05, 4.69) is 15.6 Å². The molecule has 142 valence electrons. The Morgan fingerprint density at radius 2 is 1.79 bits per heavy atom. The number of aromatic amines is 1. The molecule has 0 unspecified atom stereocenters. The Hall–Kier alpha value is -3.72. The van der Waals surface area contributed by atoms with Crippen LogP contribution >= 0.6 is 11.3 Å². The predicted octanol–water partition coefficient (Wildman–Crippen LogP) is 3.40. The van der Waals surface area contributed by atoms with Crippen molar-refractivity contribution < 1.29 is 19.5 Å². The molecule has 0 saturated heterocycles. The van der Waals surface area contributed by atoms with Crippen LogP contribution in [-0.4, -0.2) is 27.9 Å². The normalized spacial score (nSPS) is 10.3. The molecule has 0 radical (unpaired) electrons. The number of carbonyl (C=O) groups is 3. The predicted molar refractivity (Wildman–Crippen MR) is 106 cm³/mol. The van der Waals surface area contributed by atoms with Crippen LogP contribution in [0.2, 0.25) is 0 Å². The van der Waals surface area contributed by atoms with Crippen molar-refractivity contribution in [3.63, 3.8) is 0 Å². The van der Waals surface area contributed by atoms with E-state index in [0.29, 0.717) is 16.0 Å². The van der Waals surface area contributed by atoms with Gasteiger partial charge in [0.25, 0.3) is 0 Å². The van der Waals surface area contributed by atoms with Gasteiger partial charge in [0.2, 0.25) is 11.5 Å². The Morgan fingerprint density at radius 3 is 2.43 bits per heavy atom. The van der Waals surface area contributed by atoms with E-state index in [1.807, 2.05) is 0 Å². The molecule has 2 aromatic heterocycles. The first-order valence-electron chi connectivity index (χ1n) is 8.12. The maximum atomic E-state index is 12.2. The average Bonchev–Trinajstić information content (AvgIpc) is 3.18. The van der Waals surface area contributed by atoms with Crippen LogP contribution in [0.15, 0.2) is 58.8 Å². The van der Waals surface area contributed by atoms with Crippen molar-refractivity contribution >= 4 is 40.5 Å². The molecule has 0 atom stereocenters. The van der Waals surface area contributed by atoms with Crippen molar-refractivity contribution in [1.29, 1.82) is 0 Å². The van der Waals surface area contributed by atoms with Crippen molar-refractivity contribution in [3.8, 4) is 11.1 Å². The number of thiophene rings is 1. The van der Waals surface area contributed by atoms with Gasteiger partial charge in [-0.1, -0.05) is 12.1 Å². The molecule has 9 heteroatoms. The van der Waals surface area contributed by atoms with Crippen LogP contribution in [0.3, 0.4) is 0 Å². The first kappa shape index (κ1) is 19.1. The monoisotopic (exact) mass is 397 g/mol. The maximum Gasteiger partial charge on any atom is 0.409 e. The number of carbonyl (C=O) groups excluding carboxylic acids is 2. The summed E-state index contributed by atoms with van der Waals surface area (Å²) in [7, 11) is 0. The molecule has 3 aromatic rings. The summed E-state index contributed by atoms with van der Waals surface area (Å²) in [6, 6.07) is 11.0. The standard InChI is InChI=1S/C19H15N3O5S/c23-15(16-2-1-7-28-16)9-18(25)21-13-5-3-11(8-14(13)22-19(26)27)12-4-6-17(24)20-10-12/h1-8,10,22H,9H2,(H,20,24)(H,21,25)(H,26,27). The van der Waals surface area contributed by atoms with Crippen molar-refractivity contribution in [1.82, 2.24) is 4.98 Å². The Kier molecular flexibility index (Phi) is 5.66. The lowest BCUT2D eigenvalue weighted by Gasteiger charge is -2.13. The Labute approximate surface area is 162 Å². The summed E-state index contributed by atoms with van der Waals surface area (Å²) in [6.07, 6.45) is -0.154. The number of amides is 2. The van der Waals surface area contributed by atoms with E-state index in [0.717, 1.165) is 0 Å². The summed E-state index contributed by atoms with van der Waals surface area (Å²) < 4.78 is 0. The molecule has 4 N–H and O–H groups in total. The number of hydrogen-bond acceptors (Lipinski definition) is 5. The topological polar surface area (TPSA) is 128 Å². The lowest BCUT2D eigenvalue weighted by molar-refractivity contribution is -0.115. The number of aromatic nitrogens is 1. The second-order valence-electron chi connectivity index (χ2n) is 5.76. The number of hydrogen-bond donors (Lipinski definition) is 4. The number of ketones is 1. The molecule has 3 rings (SSSR count). The van der Waals surface area contributed by atoms with Gasteiger partial charge >= 0.3 is 6.09 Å². The van der Waals surface area contributed by atoms with Gasteiger partial charge in [0, 0.05) is 12.3 Å². The van der Waals surface area contributed by atoms with Crippen LogP contribution in [0.25, 0.3) is 11.1 Å². The summed E-state index contributed by atoms with van der Waals surface area (Å²) >= 11 is 1.25. The largest absolute Gasteiger partial charge is 0.465 e. The smallest absolute Gasteiger partial charge is 0.409 e. The van der Waals surface area contributed by atoms with E-state index in [4.69, 9.17) is 5.11 Å². The molecule has 0 aliphatic rings. The number of anilines is 2. The molecular weight excluding hydrogens is 382 g/mol. The number of carboxylic acid groups (broad SMARTS) is 1. The van der Waals surface area contributed by atoms with Crippen LogP contribution in [0.4, 0.5) is 16.2 Å². The molecule has 0 saturated carbocycles. The average molecular weight is 397 g/mol. The molecule has 2 amide bonds. The molecule has 1 aromatic carbocycles. The molecular formula is C19H15N3O5S. The molecule has 0 fully saturated rings. The SMILES string of the molecule is O=C(O)Nc1cc(-c2ccc(=O)[nH]c2)ccc1NC(=O)CC(=O)c1cccs1. The highest BCUT2D eigenvalue weighted by molar-refractivity contribution is 7.12. The van der Waals surface area contributed by atoms with Crippen LogP contribution < -0.4 is 16.2 Å². The Balaban J connectivity index is 1.82. The summed E-state index contributed by atoms with van der Waals surface area (Å²) in [5.41, 5.74) is 1.41. The number of rotatable bonds is 6. The zero-order chi connectivity index (χ0) is 20.1. The van der Waals surface area contributed by atoms with E-state index < -0.39 is 12.0 Å². The Bertz CT molecular complexity index is 1070. The van der Waals surface area contributed by atoms with Gasteiger partial charge in [-0.2, -0.15) is 0 Å². The van der Waals surface area contributed by atoms with Crippen LogP contribution in [0, 0.1) is 0 Å². The van der Waals surface area contributed by atoms with E-state index in [1.54, 1.807) is 29.6 Å². The first-order chi connectivity index (χ1) is 13.4. The van der Waals surface area contributed by atoms with Gasteiger partial charge in [-0.05, 0) is 40.8 Å². The first-order valence-corrected chi connectivity index (χ1v) is 9.00. The maximum absolute atomic E-state index is 12.2. The molecule has 0 spiro atoms. The molecule has 8 nitrogen and oxygen atoms in total. The Morgan fingerprint density at radius 1 is 1.00 bits per heavy atom. The van der Waals surface area contributed by atoms with Gasteiger partial charge in [-0.25, -0.2) is 4.79 Å².